The molecule has 0 aliphatic heterocycles. The molecule has 2 aromatic carbocycles. The van der Waals surface area contributed by atoms with Crippen LogP contribution in [0.3, 0.4) is 0 Å². The van der Waals surface area contributed by atoms with Crippen molar-refractivity contribution in [2.24, 2.45) is 0 Å². The quantitative estimate of drug-likeness (QED) is 0.567. The molecule has 0 bridgehead atoms. The standard InChI is InChI=1S/C17H14BrFO4/c1-22-16-7-2-11(8-14(16)18)9-17(21)23-10-15(20)12-3-5-13(19)6-4-12/h2-8H,9-10H2,1H3. The van der Waals surface area contributed by atoms with E-state index >= 15 is 0 Å². The Balaban J connectivity index is 1.88. The molecule has 0 heterocycles. The zero-order chi connectivity index (χ0) is 16.8. The first-order chi connectivity index (χ1) is 11.0. The molecule has 0 aromatic heterocycles. The Kier molecular flexibility index (Phi) is 5.87. The predicted octanol–water partition coefficient (Wildman–Crippen LogP) is 3.57. The van der Waals surface area contributed by atoms with E-state index in [1.54, 1.807) is 25.3 Å². The second-order valence-electron chi connectivity index (χ2n) is 4.74. The number of ether oxygens (including phenoxy) is 2. The molecule has 0 fully saturated rings. The van der Waals surface area contributed by atoms with Crippen LogP contribution in [0.1, 0.15) is 15.9 Å². The van der Waals surface area contributed by atoms with E-state index in [4.69, 9.17) is 9.47 Å². The Morgan fingerprint density at radius 2 is 1.83 bits per heavy atom. The van der Waals surface area contributed by atoms with E-state index < -0.39 is 11.8 Å². The molecule has 4 nitrogen and oxygen atoms in total. The van der Waals surface area contributed by atoms with Gasteiger partial charge in [0.05, 0.1) is 18.0 Å². The lowest BCUT2D eigenvalue weighted by atomic mass is 10.1. The van der Waals surface area contributed by atoms with Gasteiger partial charge < -0.3 is 9.47 Å². The van der Waals surface area contributed by atoms with Gasteiger partial charge in [0.2, 0.25) is 0 Å². The van der Waals surface area contributed by atoms with Crippen molar-refractivity contribution in [3.05, 3.63) is 63.9 Å². The molecule has 6 heteroatoms. The number of Topliss-reactive ketones (excluding diaryl/α,β-unsaturated/α-hetero) is 1. The predicted molar refractivity (Wildman–Crippen MR) is 86.1 cm³/mol. The Hall–Kier alpha value is -2.21. The number of halogens is 2. The largest absolute Gasteiger partial charge is 0.496 e. The van der Waals surface area contributed by atoms with Crippen LogP contribution >= 0.6 is 15.9 Å². The van der Waals surface area contributed by atoms with Gasteiger partial charge in [0.15, 0.2) is 12.4 Å². The molecule has 23 heavy (non-hydrogen) atoms. The molecule has 0 unspecified atom stereocenters. The van der Waals surface area contributed by atoms with Crippen LogP contribution in [0.4, 0.5) is 4.39 Å². The zero-order valence-corrected chi connectivity index (χ0v) is 13.9. The molecule has 2 rings (SSSR count). The van der Waals surface area contributed by atoms with E-state index in [0.29, 0.717) is 11.3 Å². The topological polar surface area (TPSA) is 52.6 Å². The Morgan fingerprint density at radius 1 is 1.13 bits per heavy atom. The minimum absolute atomic E-state index is 0.0410. The van der Waals surface area contributed by atoms with Crippen LogP contribution in [0.5, 0.6) is 5.75 Å². The van der Waals surface area contributed by atoms with E-state index in [2.05, 4.69) is 15.9 Å². The van der Waals surface area contributed by atoms with Gasteiger partial charge in [-0.15, -0.1) is 0 Å². The third-order valence-corrected chi connectivity index (χ3v) is 3.71. The average Bonchev–Trinajstić information content (AvgIpc) is 2.53. The molecular weight excluding hydrogens is 367 g/mol. The fraction of sp³-hybridized carbons (Fsp3) is 0.176. The number of carbonyl (C=O) groups excluding carboxylic acids is 2. The van der Waals surface area contributed by atoms with E-state index in [1.807, 2.05) is 0 Å². The molecule has 0 aliphatic rings. The van der Waals surface area contributed by atoms with Crippen molar-refractivity contribution in [3.8, 4) is 5.75 Å². The van der Waals surface area contributed by atoms with Crippen LogP contribution in [0.25, 0.3) is 0 Å². The average molecular weight is 381 g/mol. The minimum atomic E-state index is -0.516. The second-order valence-corrected chi connectivity index (χ2v) is 5.59. The van der Waals surface area contributed by atoms with Crippen molar-refractivity contribution < 1.29 is 23.5 Å². The van der Waals surface area contributed by atoms with Gasteiger partial charge >= 0.3 is 5.97 Å². The van der Waals surface area contributed by atoms with Crippen LogP contribution in [0, 0.1) is 5.82 Å². The maximum absolute atomic E-state index is 12.8. The van der Waals surface area contributed by atoms with Crippen LogP contribution in [0.15, 0.2) is 46.9 Å². The zero-order valence-electron chi connectivity index (χ0n) is 12.3. The summed E-state index contributed by atoms with van der Waals surface area (Å²) in [5, 5.41) is 0. The first kappa shape index (κ1) is 17.1. The van der Waals surface area contributed by atoms with Gasteiger partial charge in [-0.05, 0) is 57.9 Å². The second kappa shape index (κ2) is 7.87. The SMILES string of the molecule is COc1ccc(CC(=O)OCC(=O)c2ccc(F)cc2)cc1Br. The summed E-state index contributed by atoms with van der Waals surface area (Å²) < 4.78 is 23.6. The van der Waals surface area contributed by atoms with Crippen LogP contribution < -0.4 is 4.74 Å². The third-order valence-electron chi connectivity index (χ3n) is 3.10. The normalized spacial score (nSPS) is 10.2. The van der Waals surface area contributed by atoms with Gasteiger partial charge in [0, 0.05) is 5.56 Å². The van der Waals surface area contributed by atoms with Crippen molar-refractivity contribution in [3.63, 3.8) is 0 Å². The number of hydrogen-bond acceptors (Lipinski definition) is 4. The number of benzene rings is 2. The fourth-order valence-corrected chi connectivity index (χ4v) is 2.49. The molecule has 0 atom stereocenters. The molecule has 0 saturated heterocycles. The highest BCUT2D eigenvalue weighted by Gasteiger charge is 2.11. The van der Waals surface area contributed by atoms with Crippen LogP contribution in [-0.4, -0.2) is 25.5 Å². The third kappa shape index (κ3) is 4.89. The number of carbonyl (C=O) groups is 2. The lowest BCUT2D eigenvalue weighted by molar-refractivity contribution is -0.141. The lowest BCUT2D eigenvalue weighted by Crippen LogP contribution is -2.15. The summed E-state index contributed by atoms with van der Waals surface area (Å²) in [6.45, 7) is -0.373. The van der Waals surface area contributed by atoms with Crippen molar-refractivity contribution in [2.75, 3.05) is 13.7 Å². The smallest absolute Gasteiger partial charge is 0.310 e. The summed E-state index contributed by atoms with van der Waals surface area (Å²) in [7, 11) is 1.55. The molecule has 0 saturated carbocycles. The summed E-state index contributed by atoms with van der Waals surface area (Å²) in [4.78, 5) is 23.6. The molecule has 0 spiro atoms. The summed E-state index contributed by atoms with van der Waals surface area (Å²) in [6.07, 6.45) is 0.0410. The maximum Gasteiger partial charge on any atom is 0.310 e. The van der Waals surface area contributed by atoms with E-state index in [-0.39, 0.29) is 18.8 Å². The van der Waals surface area contributed by atoms with Gasteiger partial charge in [0.25, 0.3) is 0 Å². The van der Waals surface area contributed by atoms with Gasteiger partial charge in [-0.1, -0.05) is 6.07 Å². The number of ketones is 1. The first-order valence-corrected chi connectivity index (χ1v) is 7.55. The summed E-state index contributed by atoms with van der Waals surface area (Å²) in [5.41, 5.74) is 1.03. The first-order valence-electron chi connectivity index (χ1n) is 6.76. The van der Waals surface area contributed by atoms with Crippen LogP contribution in [0.2, 0.25) is 0 Å². The number of esters is 1. The Labute approximate surface area is 141 Å². The van der Waals surface area contributed by atoms with Crippen molar-refractivity contribution in [2.45, 2.75) is 6.42 Å². The Bertz CT molecular complexity index is 713. The molecule has 120 valence electrons. The number of rotatable bonds is 6. The number of hydrogen-bond donors (Lipinski definition) is 0. The van der Waals surface area contributed by atoms with E-state index in [0.717, 1.165) is 10.0 Å². The number of methoxy groups -OCH3 is 1. The maximum atomic E-state index is 12.8. The van der Waals surface area contributed by atoms with Gasteiger partial charge in [0.1, 0.15) is 11.6 Å². The molecular formula is C17H14BrFO4. The molecule has 0 radical (unpaired) electrons. The lowest BCUT2D eigenvalue weighted by Gasteiger charge is -2.07. The summed E-state index contributed by atoms with van der Waals surface area (Å²) in [5.74, 6) is -0.663. The highest BCUT2D eigenvalue weighted by atomic mass is 79.9. The van der Waals surface area contributed by atoms with Gasteiger partial charge in [-0.25, -0.2) is 4.39 Å². The van der Waals surface area contributed by atoms with Crippen molar-refractivity contribution in [1.82, 2.24) is 0 Å². The molecule has 0 amide bonds. The summed E-state index contributed by atoms with van der Waals surface area (Å²) >= 11 is 3.33. The van der Waals surface area contributed by atoms with E-state index in [9.17, 15) is 14.0 Å². The van der Waals surface area contributed by atoms with E-state index in [1.165, 1.54) is 24.3 Å². The molecule has 0 N–H and O–H groups in total. The van der Waals surface area contributed by atoms with Gasteiger partial charge in [-0.2, -0.15) is 0 Å². The van der Waals surface area contributed by atoms with Gasteiger partial charge in [-0.3, -0.25) is 9.59 Å². The molecule has 2 aromatic rings. The monoisotopic (exact) mass is 380 g/mol. The fourth-order valence-electron chi connectivity index (χ4n) is 1.90. The summed E-state index contributed by atoms with van der Waals surface area (Å²) in [6, 6.07) is 10.3. The highest BCUT2D eigenvalue weighted by Crippen LogP contribution is 2.25. The highest BCUT2D eigenvalue weighted by molar-refractivity contribution is 9.10. The van der Waals surface area contributed by atoms with Crippen molar-refractivity contribution >= 4 is 27.7 Å². The Morgan fingerprint density at radius 3 is 2.43 bits per heavy atom. The van der Waals surface area contributed by atoms with Crippen molar-refractivity contribution in [1.29, 1.82) is 0 Å². The molecule has 0 aliphatic carbocycles. The van der Waals surface area contributed by atoms with Crippen LogP contribution in [-0.2, 0) is 16.0 Å². The minimum Gasteiger partial charge on any atom is -0.496 e.